The molecule has 1 fully saturated rings. The molecule has 0 aromatic rings. The molecule has 3 rings (SSSR count). The predicted molar refractivity (Wildman–Crippen MR) is 133 cm³/mol. The maximum Gasteiger partial charge on any atom is 0.223 e. The van der Waals surface area contributed by atoms with E-state index in [0.29, 0.717) is 49.1 Å². The van der Waals surface area contributed by atoms with E-state index in [0.717, 1.165) is 18.4 Å². The molecule has 0 amide bonds. The Morgan fingerprint density at radius 1 is 1.24 bits per heavy atom. The van der Waals surface area contributed by atoms with Crippen LogP contribution in [0.25, 0.3) is 0 Å². The molecule has 0 spiro atoms. The van der Waals surface area contributed by atoms with Crippen LogP contribution in [0.3, 0.4) is 0 Å². The average Bonchev–Trinajstić information content (AvgIpc) is 2.81. The van der Waals surface area contributed by atoms with Gasteiger partial charge in [0.25, 0.3) is 0 Å². The smallest absolute Gasteiger partial charge is 0.223 e. The second kappa shape index (κ2) is 10.0. The second-order valence-corrected chi connectivity index (χ2v) is 10.2. The topological polar surface area (TPSA) is 87.1 Å². The third kappa shape index (κ3) is 4.01. The van der Waals surface area contributed by atoms with Gasteiger partial charge in [-0.2, -0.15) is 0 Å². The van der Waals surface area contributed by atoms with Gasteiger partial charge in [-0.3, -0.25) is 9.59 Å². The molecule has 2 N–H and O–H groups in total. The summed E-state index contributed by atoms with van der Waals surface area (Å²) < 4.78 is 5.82. The van der Waals surface area contributed by atoms with E-state index in [1.807, 2.05) is 25.7 Å². The van der Waals surface area contributed by atoms with Crippen molar-refractivity contribution in [3.8, 4) is 0 Å². The van der Waals surface area contributed by atoms with E-state index >= 15 is 0 Å². The van der Waals surface area contributed by atoms with E-state index in [4.69, 9.17) is 4.74 Å². The highest BCUT2D eigenvalue weighted by Gasteiger charge is 2.57. The summed E-state index contributed by atoms with van der Waals surface area (Å²) in [5, 5.41) is 21.8. The summed E-state index contributed by atoms with van der Waals surface area (Å²) in [4.78, 5) is 28.6. The number of carbonyl (C=O) groups excluding carboxylic acids is 2. The molecule has 0 aromatic heterocycles. The number of hydrogen-bond acceptors (Lipinski definition) is 6. The summed E-state index contributed by atoms with van der Waals surface area (Å²) in [6, 6.07) is 0. The molecule has 3 aliphatic carbocycles. The number of fused-ring (bicyclic) bond motifs is 2. The van der Waals surface area contributed by atoms with Crippen molar-refractivity contribution in [2.24, 2.45) is 16.7 Å². The Morgan fingerprint density at radius 3 is 2.44 bits per heavy atom. The van der Waals surface area contributed by atoms with E-state index in [1.165, 1.54) is 0 Å². The van der Waals surface area contributed by atoms with Crippen molar-refractivity contribution in [2.45, 2.75) is 59.0 Å². The van der Waals surface area contributed by atoms with E-state index in [2.05, 4.69) is 13.2 Å². The van der Waals surface area contributed by atoms with Crippen LogP contribution in [0.1, 0.15) is 52.9 Å². The van der Waals surface area contributed by atoms with Crippen LogP contribution in [0, 0.1) is 16.7 Å². The number of aliphatic hydroxyl groups is 2. The Morgan fingerprint density at radius 2 is 1.88 bits per heavy atom. The zero-order valence-corrected chi connectivity index (χ0v) is 21.0. The van der Waals surface area contributed by atoms with Crippen molar-refractivity contribution in [2.75, 3.05) is 26.8 Å². The van der Waals surface area contributed by atoms with Crippen LogP contribution in [0.15, 0.2) is 59.6 Å². The minimum atomic E-state index is -0.841. The van der Waals surface area contributed by atoms with E-state index in [9.17, 15) is 19.8 Å². The Balaban J connectivity index is 2.24. The first-order chi connectivity index (χ1) is 16.1. The van der Waals surface area contributed by atoms with E-state index < -0.39 is 16.6 Å². The Hall–Kier alpha value is -2.44. The lowest BCUT2D eigenvalue weighted by Crippen LogP contribution is -2.50. The van der Waals surface area contributed by atoms with Gasteiger partial charge in [-0.05, 0) is 45.1 Å². The summed E-state index contributed by atoms with van der Waals surface area (Å²) >= 11 is 0. The van der Waals surface area contributed by atoms with Crippen LogP contribution in [0.4, 0.5) is 0 Å². The van der Waals surface area contributed by atoms with Crippen molar-refractivity contribution in [3.63, 3.8) is 0 Å². The molecule has 3 unspecified atom stereocenters. The van der Waals surface area contributed by atoms with Crippen molar-refractivity contribution in [3.05, 3.63) is 59.6 Å². The number of hydrogen-bond donors (Lipinski definition) is 2. The van der Waals surface area contributed by atoms with Gasteiger partial charge < -0.3 is 19.8 Å². The monoisotopic (exact) mass is 469 g/mol. The lowest BCUT2D eigenvalue weighted by Gasteiger charge is -2.52. The summed E-state index contributed by atoms with van der Waals surface area (Å²) in [5.74, 6) is -0.782. The third-order valence-electron chi connectivity index (χ3n) is 8.44. The highest BCUT2D eigenvalue weighted by molar-refractivity contribution is 6.11. The van der Waals surface area contributed by atoms with Crippen LogP contribution < -0.4 is 0 Å². The number of ether oxygens (including phenoxy) is 1. The normalized spacial score (nSPS) is 30.6. The Labute approximate surface area is 203 Å². The summed E-state index contributed by atoms with van der Waals surface area (Å²) in [6.45, 7) is 14.2. The minimum Gasteiger partial charge on any atom is -0.504 e. The summed E-state index contributed by atoms with van der Waals surface area (Å²) in [7, 11) is 1.61. The van der Waals surface area contributed by atoms with Gasteiger partial charge in [0, 0.05) is 66.3 Å². The molecule has 0 bridgehead atoms. The van der Waals surface area contributed by atoms with Gasteiger partial charge in [-0.25, -0.2) is 0 Å². The zero-order valence-electron chi connectivity index (χ0n) is 21.0. The largest absolute Gasteiger partial charge is 0.504 e. The zero-order chi connectivity index (χ0) is 25.3. The molecule has 0 radical (unpaired) electrons. The molecule has 0 saturated heterocycles. The van der Waals surface area contributed by atoms with E-state index in [1.54, 1.807) is 25.5 Å². The van der Waals surface area contributed by atoms with Gasteiger partial charge in [0.15, 0.2) is 5.76 Å². The number of methoxy groups -OCH3 is 1. The summed E-state index contributed by atoms with van der Waals surface area (Å²) in [6.07, 6.45) is 8.16. The number of rotatable bonds is 9. The molecule has 1 saturated carbocycles. The first-order valence-corrected chi connectivity index (χ1v) is 12.2. The highest BCUT2D eigenvalue weighted by Crippen LogP contribution is 2.59. The van der Waals surface area contributed by atoms with Crippen molar-refractivity contribution in [1.82, 2.24) is 4.90 Å². The van der Waals surface area contributed by atoms with Crippen LogP contribution in [0.2, 0.25) is 0 Å². The van der Waals surface area contributed by atoms with Crippen LogP contribution in [0.5, 0.6) is 0 Å². The predicted octanol–water partition coefficient (Wildman–Crippen LogP) is 4.44. The minimum absolute atomic E-state index is 0.208. The maximum atomic E-state index is 13.8. The molecule has 4 atom stereocenters. The molecule has 0 aromatic carbocycles. The number of nitrogens with zero attached hydrogens (tertiary/aromatic N) is 1. The SMILES string of the molecule is C=CCN(/C=C(/CO)C1=C(O)C(=O)C2=C(CCC3(C)C(=O)CCCC23)C1(C)[C@@H](C)OC)CC=C. The van der Waals surface area contributed by atoms with Crippen molar-refractivity contribution >= 4 is 11.6 Å². The van der Waals surface area contributed by atoms with Gasteiger partial charge in [0.05, 0.1) is 12.7 Å². The van der Waals surface area contributed by atoms with Crippen LogP contribution in [-0.4, -0.2) is 59.6 Å². The van der Waals surface area contributed by atoms with Gasteiger partial charge in [0.1, 0.15) is 5.78 Å². The molecule has 186 valence electrons. The molecule has 0 aliphatic heterocycles. The maximum absolute atomic E-state index is 13.8. The van der Waals surface area contributed by atoms with Gasteiger partial charge in [0.2, 0.25) is 5.78 Å². The molecule has 6 nitrogen and oxygen atoms in total. The van der Waals surface area contributed by atoms with Gasteiger partial charge in [-0.15, -0.1) is 13.2 Å². The molecular weight excluding hydrogens is 430 g/mol. The molecule has 0 heterocycles. The first kappa shape index (κ1) is 26.2. The quantitative estimate of drug-likeness (QED) is 0.486. The third-order valence-corrected chi connectivity index (χ3v) is 8.44. The average molecular weight is 470 g/mol. The van der Waals surface area contributed by atoms with Crippen molar-refractivity contribution < 1.29 is 24.5 Å². The van der Waals surface area contributed by atoms with Crippen LogP contribution in [-0.2, 0) is 14.3 Å². The fraction of sp³-hybridized carbons (Fsp3) is 0.571. The molecule has 6 heteroatoms. The lowest BCUT2D eigenvalue weighted by molar-refractivity contribution is -0.134. The summed E-state index contributed by atoms with van der Waals surface area (Å²) in [5.41, 5.74) is 0.947. The van der Waals surface area contributed by atoms with Gasteiger partial charge in [-0.1, -0.05) is 19.1 Å². The second-order valence-electron chi connectivity index (χ2n) is 10.2. The number of ketones is 2. The Kier molecular flexibility index (Phi) is 7.73. The number of Topliss-reactive ketones (excluding diaryl/α,β-unsaturated/α-hetero) is 2. The number of allylic oxidation sites excluding steroid dienone is 1. The fourth-order valence-corrected chi connectivity index (χ4v) is 6.33. The number of aliphatic hydroxyl groups excluding tert-OH is 2. The van der Waals surface area contributed by atoms with Crippen LogP contribution >= 0.6 is 0 Å². The molecular formula is C28H39NO5. The standard InChI is InChI=1S/C28H39NO5/c1-7-14-29(15-8-2)16-19(17-30)24-26(33)25(32)23-20-10-9-11-22(31)27(20,4)13-12-21(23)28(24,5)18(3)34-6/h7-8,16,18,20,30,33H,1-2,9-15,17H2,3-6H3/b19-16-/t18-,20?,27?,28?/m1/s1. The van der Waals surface area contributed by atoms with Crippen molar-refractivity contribution in [1.29, 1.82) is 0 Å². The number of carbonyl (C=O) groups is 2. The van der Waals surface area contributed by atoms with Gasteiger partial charge >= 0.3 is 0 Å². The fourth-order valence-electron chi connectivity index (χ4n) is 6.33. The molecule has 3 aliphatic rings. The highest BCUT2D eigenvalue weighted by atomic mass is 16.5. The molecule has 34 heavy (non-hydrogen) atoms. The first-order valence-electron chi connectivity index (χ1n) is 12.2. The Bertz CT molecular complexity index is 963. The van der Waals surface area contributed by atoms with E-state index in [-0.39, 0.29) is 30.2 Å². The lowest BCUT2D eigenvalue weighted by atomic mass is 9.51.